The van der Waals surface area contributed by atoms with Crippen molar-refractivity contribution < 1.29 is 18.7 Å². The summed E-state index contributed by atoms with van der Waals surface area (Å²) in [6.45, 7) is 1.50. The summed E-state index contributed by atoms with van der Waals surface area (Å²) in [7, 11) is 0. The number of aliphatic hydroxyl groups is 1. The first kappa shape index (κ1) is 14.8. The van der Waals surface area contributed by atoms with Crippen LogP contribution in [0, 0.1) is 24.6 Å². The molecule has 0 fully saturated rings. The number of hydrogen-bond donors (Lipinski definition) is 2. The van der Waals surface area contributed by atoms with E-state index in [2.05, 4.69) is 17.2 Å². The van der Waals surface area contributed by atoms with Crippen LogP contribution in [-0.4, -0.2) is 17.6 Å². The Balaban J connectivity index is 2.07. The molecule has 1 heterocycles. The summed E-state index contributed by atoms with van der Waals surface area (Å²) in [4.78, 5) is 11.8. The molecule has 5 heteroatoms. The number of benzene rings is 1. The molecular weight excluding hydrogens is 273 g/mol. The maximum Gasteiger partial charge on any atom is 0.287 e. The van der Waals surface area contributed by atoms with E-state index in [1.54, 1.807) is 19.1 Å². The number of carbonyl (C=O) groups is 1. The van der Waals surface area contributed by atoms with Crippen molar-refractivity contribution in [3.63, 3.8) is 0 Å². The van der Waals surface area contributed by atoms with Gasteiger partial charge in [-0.3, -0.25) is 4.79 Å². The highest BCUT2D eigenvalue weighted by atomic mass is 19.1. The van der Waals surface area contributed by atoms with Gasteiger partial charge in [-0.05, 0) is 37.3 Å². The molecular formula is C16H14FNO3. The molecule has 0 aliphatic rings. The van der Waals surface area contributed by atoms with Crippen LogP contribution in [0.15, 0.2) is 34.7 Å². The molecule has 1 aromatic heterocycles. The smallest absolute Gasteiger partial charge is 0.287 e. The Morgan fingerprint density at radius 1 is 1.38 bits per heavy atom. The van der Waals surface area contributed by atoms with E-state index in [0.717, 1.165) is 0 Å². The summed E-state index contributed by atoms with van der Waals surface area (Å²) in [5.41, 5.74) is 0.889. The van der Waals surface area contributed by atoms with Crippen LogP contribution in [0.3, 0.4) is 0 Å². The fourth-order valence-corrected chi connectivity index (χ4v) is 1.75. The first-order valence-corrected chi connectivity index (χ1v) is 6.33. The van der Waals surface area contributed by atoms with Crippen LogP contribution >= 0.6 is 0 Å². The Labute approximate surface area is 121 Å². The topological polar surface area (TPSA) is 62.5 Å². The van der Waals surface area contributed by atoms with E-state index in [9.17, 15) is 9.18 Å². The van der Waals surface area contributed by atoms with Crippen molar-refractivity contribution in [2.75, 3.05) is 6.61 Å². The quantitative estimate of drug-likeness (QED) is 0.849. The lowest BCUT2D eigenvalue weighted by molar-refractivity contribution is 0.0921. The predicted molar refractivity (Wildman–Crippen MR) is 75.0 cm³/mol. The molecule has 2 N–H and O–H groups in total. The maximum absolute atomic E-state index is 13.7. The standard InChI is InChI=1S/C16H14FNO3/c1-11-4-7-15(21-11)16(20)18-10-13-9-12(3-2-8-19)5-6-14(13)17/h4-7,9,19H,8,10H2,1H3,(H,18,20). The van der Waals surface area contributed by atoms with E-state index in [1.165, 1.54) is 18.2 Å². The Bertz CT molecular complexity index is 710. The largest absolute Gasteiger partial charge is 0.456 e. The molecule has 0 unspecified atom stereocenters. The van der Waals surface area contributed by atoms with Crippen LogP contribution in [0.1, 0.15) is 27.4 Å². The highest BCUT2D eigenvalue weighted by Crippen LogP contribution is 2.11. The van der Waals surface area contributed by atoms with E-state index in [4.69, 9.17) is 9.52 Å². The number of hydrogen-bond acceptors (Lipinski definition) is 3. The zero-order chi connectivity index (χ0) is 15.2. The fraction of sp³-hybridized carbons (Fsp3) is 0.188. The summed E-state index contributed by atoms with van der Waals surface area (Å²) >= 11 is 0. The van der Waals surface area contributed by atoms with E-state index in [0.29, 0.717) is 16.9 Å². The van der Waals surface area contributed by atoms with Gasteiger partial charge in [0.15, 0.2) is 5.76 Å². The van der Waals surface area contributed by atoms with E-state index in [-0.39, 0.29) is 18.9 Å². The van der Waals surface area contributed by atoms with Crippen LogP contribution in [0.25, 0.3) is 0 Å². The number of amides is 1. The van der Waals surface area contributed by atoms with Crippen molar-refractivity contribution in [3.8, 4) is 11.8 Å². The molecule has 0 aliphatic carbocycles. The van der Waals surface area contributed by atoms with E-state index < -0.39 is 11.7 Å². The molecule has 21 heavy (non-hydrogen) atoms. The van der Waals surface area contributed by atoms with Gasteiger partial charge in [0.25, 0.3) is 5.91 Å². The van der Waals surface area contributed by atoms with Gasteiger partial charge in [-0.25, -0.2) is 4.39 Å². The van der Waals surface area contributed by atoms with Crippen molar-refractivity contribution in [1.82, 2.24) is 5.32 Å². The molecule has 4 nitrogen and oxygen atoms in total. The molecule has 0 aliphatic heterocycles. The molecule has 0 radical (unpaired) electrons. The van der Waals surface area contributed by atoms with Crippen LogP contribution in [-0.2, 0) is 6.54 Å². The van der Waals surface area contributed by atoms with Crippen LogP contribution in [0.5, 0.6) is 0 Å². The molecule has 1 amide bonds. The Morgan fingerprint density at radius 2 is 2.19 bits per heavy atom. The Hall–Kier alpha value is -2.58. The molecule has 0 spiro atoms. The van der Waals surface area contributed by atoms with Gasteiger partial charge in [0.2, 0.25) is 0 Å². The van der Waals surface area contributed by atoms with Crippen molar-refractivity contribution in [1.29, 1.82) is 0 Å². The lowest BCUT2D eigenvalue weighted by Gasteiger charge is -2.05. The Kier molecular flexibility index (Phi) is 4.75. The van der Waals surface area contributed by atoms with Crippen molar-refractivity contribution in [3.05, 3.63) is 58.8 Å². The minimum atomic E-state index is -0.430. The lowest BCUT2D eigenvalue weighted by Crippen LogP contribution is -2.22. The van der Waals surface area contributed by atoms with Gasteiger partial charge in [0, 0.05) is 17.7 Å². The molecule has 0 bridgehead atoms. The summed E-state index contributed by atoms with van der Waals surface area (Å²) in [5.74, 6) is 5.15. The molecule has 0 atom stereocenters. The second-order valence-electron chi connectivity index (χ2n) is 4.36. The van der Waals surface area contributed by atoms with Crippen molar-refractivity contribution in [2.45, 2.75) is 13.5 Å². The van der Waals surface area contributed by atoms with Gasteiger partial charge in [-0.15, -0.1) is 0 Å². The number of furan rings is 1. The van der Waals surface area contributed by atoms with Gasteiger partial charge in [-0.2, -0.15) is 0 Å². The summed E-state index contributed by atoms with van der Waals surface area (Å²) in [6.07, 6.45) is 0. The van der Waals surface area contributed by atoms with E-state index >= 15 is 0 Å². The Morgan fingerprint density at radius 3 is 2.86 bits per heavy atom. The zero-order valence-electron chi connectivity index (χ0n) is 11.4. The van der Waals surface area contributed by atoms with Crippen LogP contribution in [0.2, 0.25) is 0 Å². The zero-order valence-corrected chi connectivity index (χ0v) is 11.4. The van der Waals surface area contributed by atoms with Gasteiger partial charge in [-0.1, -0.05) is 11.8 Å². The SMILES string of the molecule is Cc1ccc(C(=O)NCc2cc(C#CCO)ccc2F)o1. The first-order chi connectivity index (χ1) is 10.1. The minimum Gasteiger partial charge on any atom is -0.456 e. The monoisotopic (exact) mass is 287 g/mol. The lowest BCUT2D eigenvalue weighted by atomic mass is 10.1. The second kappa shape index (κ2) is 6.73. The third kappa shape index (κ3) is 3.94. The number of halogens is 1. The number of nitrogens with one attached hydrogen (secondary N) is 1. The van der Waals surface area contributed by atoms with Gasteiger partial charge >= 0.3 is 0 Å². The average molecular weight is 287 g/mol. The summed E-state index contributed by atoms with van der Waals surface area (Å²) < 4.78 is 18.9. The molecule has 0 saturated heterocycles. The number of rotatable bonds is 3. The molecule has 2 aromatic rings. The molecule has 2 rings (SSSR count). The molecule has 1 aromatic carbocycles. The number of aryl methyl sites for hydroxylation is 1. The third-order valence-corrected chi connectivity index (χ3v) is 2.76. The summed E-state index contributed by atoms with van der Waals surface area (Å²) in [5, 5.41) is 11.2. The highest BCUT2D eigenvalue weighted by Gasteiger charge is 2.11. The maximum atomic E-state index is 13.7. The van der Waals surface area contributed by atoms with Crippen LogP contribution in [0.4, 0.5) is 4.39 Å². The van der Waals surface area contributed by atoms with Crippen molar-refractivity contribution >= 4 is 5.91 Å². The average Bonchev–Trinajstić information content (AvgIpc) is 2.91. The predicted octanol–water partition coefficient (Wildman–Crippen LogP) is 2.00. The third-order valence-electron chi connectivity index (χ3n) is 2.76. The van der Waals surface area contributed by atoms with Crippen LogP contribution < -0.4 is 5.32 Å². The second-order valence-corrected chi connectivity index (χ2v) is 4.36. The van der Waals surface area contributed by atoms with Gasteiger partial charge in [0.1, 0.15) is 18.2 Å². The molecule has 0 saturated carbocycles. The first-order valence-electron chi connectivity index (χ1n) is 6.33. The van der Waals surface area contributed by atoms with Gasteiger partial charge in [0.05, 0.1) is 0 Å². The fourth-order valence-electron chi connectivity index (χ4n) is 1.75. The molecule has 108 valence electrons. The number of aliphatic hydroxyl groups excluding tert-OH is 1. The van der Waals surface area contributed by atoms with Crippen molar-refractivity contribution in [2.24, 2.45) is 0 Å². The number of carbonyl (C=O) groups excluding carboxylic acids is 1. The van der Waals surface area contributed by atoms with Gasteiger partial charge < -0.3 is 14.8 Å². The normalized spacial score (nSPS) is 9.86. The van der Waals surface area contributed by atoms with E-state index in [1.807, 2.05) is 0 Å². The highest BCUT2D eigenvalue weighted by molar-refractivity contribution is 5.91. The minimum absolute atomic E-state index is 0.0268. The summed E-state index contributed by atoms with van der Waals surface area (Å²) in [6, 6.07) is 7.57.